The van der Waals surface area contributed by atoms with Crippen molar-refractivity contribution in [3.05, 3.63) is 53.1 Å². The van der Waals surface area contributed by atoms with Crippen molar-refractivity contribution >= 4 is 5.78 Å². The number of hydrogen-bond donors (Lipinski definition) is 0. The first-order valence-corrected chi connectivity index (χ1v) is 6.43. The number of Topliss-reactive ketones (excluding diaryl/α,β-unsaturated/α-hetero) is 1. The van der Waals surface area contributed by atoms with Crippen LogP contribution >= 0.6 is 0 Å². The van der Waals surface area contributed by atoms with E-state index in [2.05, 4.69) is 4.98 Å². The lowest BCUT2D eigenvalue weighted by atomic mass is 10.0. The summed E-state index contributed by atoms with van der Waals surface area (Å²) in [5.74, 6) is 1.11. The largest absolute Gasteiger partial charge is 0.372 e. The van der Waals surface area contributed by atoms with Gasteiger partial charge in [0.15, 0.2) is 5.78 Å². The number of aromatic nitrogens is 2. The van der Waals surface area contributed by atoms with Gasteiger partial charge in [-0.3, -0.25) is 4.79 Å². The molecule has 1 aliphatic rings. The van der Waals surface area contributed by atoms with E-state index in [4.69, 9.17) is 4.74 Å². The number of imidazole rings is 1. The minimum Gasteiger partial charge on any atom is -0.372 e. The molecule has 98 valence electrons. The summed E-state index contributed by atoms with van der Waals surface area (Å²) in [5, 5.41) is 0. The number of aryl methyl sites for hydroxylation is 2. The lowest BCUT2D eigenvalue weighted by molar-refractivity contribution is 0.0982. The van der Waals surface area contributed by atoms with Crippen molar-refractivity contribution in [3.63, 3.8) is 0 Å². The Kier molecular flexibility index (Phi) is 3.17. The van der Waals surface area contributed by atoms with Gasteiger partial charge in [0.25, 0.3) is 0 Å². The normalized spacial score (nSPS) is 13.5. The maximum absolute atomic E-state index is 12.2. The Bertz CT molecular complexity index is 616. The molecule has 2 aromatic rings. The maximum atomic E-state index is 12.2. The zero-order valence-corrected chi connectivity index (χ0v) is 10.9. The van der Waals surface area contributed by atoms with Gasteiger partial charge in [0.1, 0.15) is 5.82 Å². The Morgan fingerprint density at radius 2 is 2.21 bits per heavy atom. The number of fused-ring (bicyclic) bond motifs is 1. The number of nitrogens with zero attached hydrogens (tertiary/aromatic N) is 2. The third-order valence-electron chi connectivity index (χ3n) is 3.54. The van der Waals surface area contributed by atoms with Gasteiger partial charge in [-0.25, -0.2) is 4.98 Å². The first-order chi connectivity index (χ1) is 9.24. The highest BCUT2D eigenvalue weighted by molar-refractivity contribution is 5.96. The molecule has 3 rings (SSSR count). The van der Waals surface area contributed by atoms with Crippen LogP contribution in [-0.4, -0.2) is 15.3 Å². The third-order valence-corrected chi connectivity index (χ3v) is 3.54. The molecule has 0 spiro atoms. The molecule has 0 radical (unpaired) electrons. The van der Waals surface area contributed by atoms with Gasteiger partial charge in [-0.2, -0.15) is 0 Å². The van der Waals surface area contributed by atoms with Gasteiger partial charge in [0, 0.05) is 37.8 Å². The molecule has 0 amide bonds. The van der Waals surface area contributed by atoms with E-state index in [-0.39, 0.29) is 5.78 Å². The number of benzene rings is 1. The SMILES string of the molecule is Cn1ccnc1CCC(=O)c1ccc2c(c1)COC2. The van der Waals surface area contributed by atoms with Crippen LogP contribution in [0.25, 0.3) is 0 Å². The first kappa shape index (κ1) is 12.1. The molecule has 1 aromatic carbocycles. The lowest BCUT2D eigenvalue weighted by Gasteiger charge is -2.04. The fourth-order valence-corrected chi connectivity index (χ4v) is 2.35. The van der Waals surface area contributed by atoms with Crippen LogP contribution in [0.4, 0.5) is 0 Å². The van der Waals surface area contributed by atoms with Crippen LogP contribution in [0.1, 0.15) is 33.7 Å². The average molecular weight is 256 g/mol. The summed E-state index contributed by atoms with van der Waals surface area (Å²) in [7, 11) is 1.94. The summed E-state index contributed by atoms with van der Waals surface area (Å²) >= 11 is 0. The summed E-state index contributed by atoms with van der Waals surface area (Å²) in [6, 6.07) is 5.85. The van der Waals surface area contributed by atoms with E-state index in [1.807, 2.05) is 36.0 Å². The number of carbonyl (C=O) groups is 1. The highest BCUT2D eigenvalue weighted by Gasteiger charge is 2.14. The molecular formula is C15H16N2O2. The zero-order valence-electron chi connectivity index (χ0n) is 10.9. The second-order valence-corrected chi connectivity index (χ2v) is 4.85. The van der Waals surface area contributed by atoms with Crippen LogP contribution in [0.15, 0.2) is 30.6 Å². The Morgan fingerprint density at radius 1 is 1.37 bits per heavy atom. The van der Waals surface area contributed by atoms with Gasteiger partial charge in [0.2, 0.25) is 0 Å². The monoisotopic (exact) mass is 256 g/mol. The van der Waals surface area contributed by atoms with Crippen LogP contribution in [-0.2, 0) is 31.4 Å². The molecule has 0 saturated carbocycles. The molecular weight excluding hydrogens is 240 g/mol. The molecule has 0 N–H and O–H groups in total. The van der Waals surface area contributed by atoms with Crippen molar-refractivity contribution in [3.8, 4) is 0 Å². The fraction of sp³-hybridized carbons (Fsp3) is 0.333. The van der Waals surface area contributed by atoms with Gasteiger partial charge >= 0.3 is 0 Å². The molecule has 2 heterocycles. The quantitative estimate of drug-likeness (QED) is 0.788. The van der Waals surface area contributed by atoms with Gasteiger partial charge in [-0.05, 0) is 17.2 Å². The van der Waals surface area contributed by atoms with Gasteiger partial charge in [-0.1, -0.05) is 12.1 Å². The van der Waals surface area contributed by atoms with Gasteiger partial charge < -0.3 is 9.30 Å². The van der Waals surface area contributed by atoms with E-state index in [0.717, 1.165) is 17.0 Å². The maximum Gasteiger partial charge on any atom is 0.163 e. The number of ketones is 1. The predicted octanol–water partition coefficient (Wildman–Crippen LogP) is 2.27. The van der Waals surface area contributed by atoms with Crippen LogP contribution < -0.4 is 0 Å². The van der Waals surface area contributed by atoms with Gasteiger partial charge in [-0.15, -0.1) is 0 Å². The summed E-state index contributed by atoms with van der Waals surface area (Å²) in [6.45, 7) is 1.28. The van der Waals surface area contributed by atoms with E-state index in [9.17, 15) is 4.79 Å². The molecule has 19 heavy (non-hydrogen) atoms. The molecule has 0 aliphatic carbocycles. The van der Waals surface area contributed by atoms with Crippen molar-refractivity contribution in [2.24, 2.45) is 7.05 Å². The molecule has 1 aromatic heterocycles. The van der Waals surface area contributed by atoms with E-state index >= 15 is 0 Å². The number of rotatable bonds is 4. The standard InChI is InChI=1S/C15H16N2O2/c1-17-7-6-16-15(17)5-4-14(18)11-2-3-12-9-19-10-13(12)8-11/h2-3,6-8H,4-5,9-10H2,1H3. The summed E-state index contributed by atoms with van der Waals surface area (Å²) in [5.41, 5.74) is 3.11. The van der Waals surface area contributed by atoms with Crippen LogP contribution in [0.3, 0.4) is 0 Å². The smallest absolute Gasteiger partial charge is 0.163 e. The molecule has 0 fully saturated rings. The second kappa shape index (κ2) is 4.97. The topological polar surface area (TPSA) is 44.1 Å². The van der Waals surface area contributed by atoms with E-state index in [0.29, 0.717) is 26.1 Å². The fourth-order valence-electron chi connectivity index (χ4n) is 2.35. The molecule has 4 nitrogen and oxygen atoms in total. The summed E-state index contributed by atoms with van der Waals surface area (Å²) in [4.78, 5) is 16.4. The highest BCUT2D eigenvalue weighted by Crippen LogP contribution is 2.21. The van der Waals surface area contributed by atoms with E-state index in [1.54, 1.807) is 6.20 Å². The number of ether oxygens (including phenoxy) is 1. The van der Waals surface area contributed by atoms with E-state index < -0.39 is 0 Å². The Hall–Kier alpha value is -1.94. The minimum atomic E-state index is 0.165. The first-order valence-electron chi connectivity index (χ1n) is 6.43. The summed E-state index contributed by atoms with van der Waals surface area (Å²) < 4.78 is 7.31. The molecule has 0 bridgehead atoms. The number of carbonyl (C=O) groups excluding carboxylic acids is 1. The molecule has 0 unspecified atom stereocenters. The highest BCUT2D eigenvalue weighted by atomic mass is 16.5. The van der Waals surface area contributed by atoms with Gasteiger partial charge in [0.05, 0.1) is 13.2 Å². The van der Waals surface area contributed by atoms with Crippen LogP contribution in [0, 0.1) is 0 Å². The average Bonchev–Trinajstić information content (AvgIpc) is 3.03. The lowest BCUT2D eigenvalue weighted by Crippen LogP contribution is -2.05. The zero-order chi connectivity index (χ0) is 13.2. The molecule has 0 atom stereocenters. The molecule has 0 saturated heterocycles. The Balaban J connectivity index is 1.69. The van der Waals surface area contributed by atoms with Crippen molar-refractivity contribution in [2.45, 2.75) is 26.1 Å². The van der Waals surface area contributed by atoms with Crippen molar-refractivity contribution in [1.82, 2.24) is 9.55 Å². The Morgan fingerprint density at radius 3 is 3.00 bits per heavy atom. The van der Waals surface area contributed by atoms with Crippen LogP contribution in [0.5, 0.6) is 0 Å². The predicted molar refractivity (Wildman–Crippen MR) is 70.8 cm³/mol. The van der Waals surface area contributed by atoms with Crippen molar-refractivity contribution in [1.29, 1.82) is 0 Å². The minimum absolute atomic E-state index is 0.165. The molecule has 1 aliphatic heterocycles. The van der Waals surface area contributed by atoms with Crippen LogP contribution in [0.2, 0.25) is 0 Å². The Labute approximate surface area is 112 Å². The third kappa shape index (κ3) is 2.44. The van der Waals surface area contributed by atoms with Crippen molar-refractivity contribution in [2.75, 3.05) is 0 Å². The molecule has 4 heteroatoms. The number of hydrogen-bond acceptors (Lipinski definition) is 3. The second-order valence-electron chi connectivity index (χ2n) is 4.85. The van der Waals surface area contributed by atoms with Crippen molar-refractivity contribution < 1.29 is 9.53 Å². The summed E-state index contributed by atoms with van der Waals surface area (Å²) in [6.07, 6.45) is 4.82. The van der Waals surface area contributed by atoms with E-state index in [1.165, 1.54) is 5.56 Å².